The third kappa shape index (κ3) is 2.67. The molecule has 0 radical (unpaired) electrons. The average molecular weight is 242 g/mol. The van der Waals surface area contributed by atoms with E-state index in [2.05, 4.69) is 10.2 Å². The molecule has 3 N–H and O–H groups in total. The van der Waals surface area contributed by atoms with E-state index >= 15 is 0 Å². The minimum atomic E-state index is -0.460. The lowest BCUT2D eigenvalue weighted by atomic mass is 10.4. The molecule has 0 atom stereocenters. The van der Waals surface area contributed by atoms with Crippen molar-refractivity contribution in [3.63, 3.8) is 0 Å². The van der Waals surface area contributed by atoms with Gasteiger partial charge in [-0.05, 0) is 25.1 Å². The van der Waals surface area contributed by atoms with Crippen molar-refractivity contribution in [3.8, 4) is 0 Å². The molecule has 0 unspecified atom stereocenters. The number of H-pyrrole nitrogens is 1. The van der Waals surface area contributed by atoms with E-state index in [4.69, 9.17) is 22.7 Å². The minimum absolute atomic E-state index is 0.0517. The summed E-state index contributed by atoms with van der Waals surface area (Å²) >= 11 is 5.12. The van der Waals surface area contributed by atoms with Crippen molar-refractivity contribution in [1.29, 1.82) is 0 Å². The minimum Gasteiger partial charge on any atom is -0.370 e. The second kappa shape index (κ2) is 4.75. The molecule has 1 heterocycles. The summed E-state index contributed by atoms with van der Waals surface area (Å²) in [7, 11) is 0. The smallest absolute Gasteiger partial charge is 0.243 e. The Kier molecular flexibility index (Phi) is 3.35. The molecular formula is C9H14N4O2S. The number of aromatic nitrogens is 3. The fraction of sp³-hybridized carbons (Fsp3) is 0.667. The standard InChI is InChI=1S/C9H14N4O2S/c10-7(14)5-15-4-3-13-8(6-1-2-6)11-12-9(13)16/h6H,1-5H2,(H2,10,14)(H,12,16). The predicted molar refractivity (Wildman–Crippen MR) is 59.4 cm³/mol. The van der Waals surface area contributed by atoms with Gasteiger partial charge in [-0.1, -0.05) is 0 Å². The highest BCUT2D eigenvalue weighted by Crippen LogP contribution is 2.38. The van der Waals surface area contributed by atoms with Crippen molar-refractivity contribution in [3.05, 3.63) is 10.6 Å². The topological polar surface area (TPSA) is 85.9 Å². The van der Waals surface area contributed by atoms with Gasteiger partial charge in [0.05, 0.1) is 13.2 Å². The van der Waals surface area contributed by atoms with Gasteiger partial charge >= 0.3 is 0 Å². The van der Waals surface area contributed by atoms with E-state index in [9.17, 15) is 4.79 Å². The molecule has 0 aromatic carbocycles. The van der Waals surface area contributed by atoms with E-state index in [1.165, 1.54) is 12.8 Å². The predicted octanol–water partition coefficient (Wildman–Crippen LogP) is 0.320. The lowest BCUT2D eigenvalue weighted by Gasteiger charge is -2.05. The molecule has 0 aliphatic heterocycles. The zero-order chi connectivity index (χ0) is 11.5. The number of carbonyl (C=O) groups is 1. The summed E-state index contributed by atoms with van der Waals surface area (Å²) in [6, 6.07) is 0. The normalized spacial score (nSPS) is 15.2. The molecule has 0 bridgehead atoms. The monoisotopic (exact) mass is 242 g/mol. The summed E-state index contributed by atoms with van der Waals surface area (Å²) in [5, 5.41) is 6.97. The van der Waals surface area contributed by atoms with Gasteiger partial charge in [-0.25, -0.2) is 0 Å². The van der Waals surface area contributed by atoms with Gasteiger partial charge in [-0.2, -0.15) is 5.10 Å². The van der Waals surface area contributed by atoms with Crippen LogP contribution in [-0.4, -0.2) is 33.9 Å². The van der Waals surface area contributed by atoms with E-state index in [0.717, 1.165) is 5.82 Å². The second-order valence-corrected chi connectivity index (χ2v) is 4.22. The van der Waals surface area contributed by atoms with Crippen molar-refractivity contribution in [2.45, 2.75) is 25.3 Å². The first kappa shape index (κ1) is 11.3. The van der Waals surface area contributed by atoms with E-state index in [-0.39, 0.29) is 6.61 Å². The molecular weight excluding hydrogens is 228 g/mol. The largest absolute Gasteiger partial charge is 0.370 e. The van der Waals surface area contributed by atoms with Crippen LogP contribution in [0.5, 0.6) is 0 Å². The number of rotatable bonds is 6. The van der Waals surface area contributed by atoms with Crippen LogP contribution in [0.3, 0.4) is 0 Å². The lowest BCUT2D eigenvalue weighted by molar-refractivity contribution is -0.122. The van der Waals surface area contributed by atoms with Crippen LogP contribution in [-0.2, 0) is 16.1 Å². The SMILES string of the molecule is NC(=O)COCCn1c(C2CC2)n[nH]c1=S. The number of hydrogen-bond acceptors (Lipinski definition) is 4. The molecule has 16 heavy (non-hydrogen) atoms. The molecule has 6 nitrogen and oxygen atoms in total. The number of carbonyl (C=O) groups excluding carboxylic acids is 1. The van der Waals surface area contributed by atoms with Crippen LogP contribution in [0, 0.1) is 4.77 Å². The Balaban J connectivity index is 1.90. The van der Waals surface area contributed by atoms with Gasteiger partial charge in [0.25, 0.3) is 0 Å². The van der Waals surface area contributed by atoms with Crippen LogP contribution < -0.4 is 5.73 Å². The molecule has 1 aromatic rings. The molecule has 1 saturated carbocycles. The maximum atomic E-state index is 10.5. The number of amides is 1. The summed E-state index contributed by atoms with van der Waals surface area (Å²) in [6.45, 7) is 0.967. The molecule has 0 saturated heterocycles. The average Bonchev–Trinajstić information content (AvgIpc) is 3.00. The van der Waals surface area contributed by atoms with E-state index in [1.54, 1.807) is 0 Å². The molecule has 1 aliphatic rings. The second-order valence-electron chi connectivity index (χ2n) is 3.83. The molecule has 1 fully saturated rings. The molecule has 1 aliphatic carbocycles. The number of aromatic amines is 1. The van der Waals surface area contributed by atoms with Gasteiger partial charge in [0, 0.05) is 5.92 Å². The van der Waals surface area contributed by atoms with Crippen molar-refractivity contribution in [2.24, 2.45) is 5.73 Å². The molecule has 1 aromatic heterocycles. The highest BCUT2D eigenvalue weighted by molar-refractivity contribution is 7.71. The number of nitrogens with one attached hydrogen (secondary N) is 1. The Bertz CT molecular complexity index is 435. The first-order valence-corrected chi connectivity index (χ1v) is 5.60. The number of nitrogens with two attached hydrogens (primary N) is 1. The third-order valence-electron chi connectivity index (χ3n) is 2.43. The summed E-state index contributed by atoms with van der Waals surface area (Å²) in [5.41, 5.74) is 4.96. The highest BCUT2D eigenvalue weighted by atomic mass is 32.1. The summed E-state index contributed by atoms with van der Waals surface area (Å²) in [6.07, 6.45) is 2.34. The Morgan fingerprint density at radius 2 is 2.44 bits per heavy atom. The highest BCUT2D eigenvalue weighted by Gasteiger charge is 2.28. The van der Waals surface area contributed by atoms with Gasteiger partial charge in [-0.3, -0.25) is 9.89 Å². The summed E-state index contributed by atoms with van der Waals surface area (Å²) in [4.78, 5) is 10.5. The zero-order valence-corrected chi connectivity index (χ0v) is 9.63. The fourth-order valence-electron chi connectivity index (χ4n) is 1.53. The van der Waals surface area contributed by atoms with Crippen LogP contribution in [0.1, 0.15) is 24.6 Å². The summed E-state index contributed by atoms with van der Waals surface area (Å²) in [5.74, 6) is 1.06. The molecule has 7 heteroatoms. The van der Waals surface area contributed by atoms with Gasteiger partial charge < -0.3 is 15.0 Å². The van der Waals surface area contributed by atoms with Gasteiger partial charge in [-0.15, -0.1) is 0 Å². The van der Waals surface area contributed by atoms with Gasteiger partial charge in [0.1, 0.15) is 12.4 Å². The maximum absolute atomic E-state index is 10.5. The number of ether oxygens (including phenoxy) is 1. The summed E-state index contributed by atoms with van der Waals surface area (Å²) < 4.78 is 7.62. The molecule has 88 valence electrons. The number of primary amides is 1. The van der Waals surface area contributed by atoms with Crippen LogP contribution >= 0.6 is 12.2 Å². The van der Waals surface area contributed by atoms with Crippen LogP contribution in [0.4, 0.5) is 0 Å². The van der Waals surface area contributed by atoms with Gasteiger partial charge in [0.15, 0.2) is 4.77 Å². The molecule has 0 spiro atoms. The Morgan fingerprint density at radius 3 is 3.06 bits per heavy atom. The van der Waals surface area contributed by atoms with E-state index in [1.807, 2.05) is 4.57 Å². The molecule has 2 rings (SSSR count). The maximum Gasteiger partial charge on any atom is 0.243 e. The Labute approximate surface area is 97.8 Å². The Hall–Kier alpha value is -1.21. The number of nitrogens with zero attached hydrogens (tertiary/aromatic N) is 2. The van der Waals surface area contributed by atoms with Crippen molar-refractivity contribution in [1.82, 2.24) is 14.8 Å². The zero-order valence-electron chi connectivity index (χ0n) is 8.81. The third-order valence-corrected chi connectivity index (χ3v) is 2.75. The quantitative estimate of drug-likeness (QED) is 0.555. The van der Waals surface area contributed by atoms with Crippen LogP contribution in [0.25, 0.3) is 0 Å². The lowest BCUT2D eigenvalue weighted by Crippen LogP contribution is -2.20. The van der Waals surface area contributed by atoms with Crippen molar-refractivity contribution >= 4 is 18.1 Å². The van der Waals surface area contributed by atoms with Crippen LogP contribution in [0.2, 0.25) is 0 Å². The van der Waals surface area contributed by atoms with E-state index in [0.29, 0.717) is 23.8 Å². The Morgan fingerprint density at radius 1 is 1.69 bits per heavy atom. The van der Waals surface area contributed by atoms with Crippen LogP contribution in [0.15, 0.2) is 0 Å². The van der Waals surface area contributed by atoms with Crippen molar-refractivity contribution < 1.29 is 9.53 Å². The number of hydrogen-bond donors (Lipinski definition) is 2. The first-order valence-electron chi connectivity index (χ1n) is 5.19. The fourth-order valence-corrected chi connectivity index (χ4v) is 1.76. The van der Waals surface area contributed by atoms with Gasteiger partial charge in [0.2, 0.25) is 5.91 Å². The molecule has 1 amide bonds. The van der Waals surface area contributed by atoms with E-state index < -0.39 is 5.91 Å². The van der Waals surface area contributed by atoms with Crippen molar-refractivity contribution in [2.75, 3.05) is 13.2 Å². The first-order chi connectivity index (χ1) is 7.68.